The Morgan fingerprint density at radius 2 is 1.86 bits per heavy atom. The van der Waals surface area contributed by atoms with Crippen molar-refractivity contribution in [1.29, 1.82) is 0 Å². The Morgan fingerprint density at radius 3 is 2.64 bits per heavy atom. The molecular formula is C22H28O6. The van der Waals surface area contributed by atoms with Gasteiger partial charge in [0, 0.05) is 18.3 Å². The Morgan fingerprint density at radius 1 is 1.07 bits per heavy atom. The van der Waals surface area contributed by atoms with Crippen LogP contribution in [0.1, 0.15) is 56.8 Å². The second kappa shape index (κ2) is 6.52. The molecular weight excluding hydrogens is 360 g/mol. The lowest BCUT2D eigenvalue weighted by Crippen LogP contribution is -2.70. The molecule has 5 aliphatic rings. The second-order valence-corrected chi connectivity index (χ2v) is 9.05. The minimum absolute atomic E-state index is 0.0198. The third-order valence-corrected chi connectivity index (χ3v) is 7.33. The van der Waals surface area contributed by atoms with Gasteiger partial charge in [0.15, 0.2) is 11.9 Å². The van der Waals surface area contributed by atoms with Gasteiger partial charge in [0.25, 0.3) is 0 Å². The van der Waals surface area contributed by atoms with Gasteiger partial charge in [0.05, 0.1) is 5.56 Å². The minimum Gasteiger partial charge on any atom is -0.432 e. The first kappa shape index (κ1) is 18.6. The van der Waals surface area contributed by atoms with Gasteiger partial charge in [-0.05, 0) is 50.2 Å². The molecule has 1 spiro atoms. The van der Waals surface area contributed by atoms with Crippen molar-refractivity contribution in [2.75, 3.05) is 0 Å². The van der Waals surface area contributed by atoms with Crippen molar-refractivity contribution in [1.82, 2.24) is 0 Å². The molecule has 2 bridgehead atoms. The summed E-state index contributed by atoms with van der Waals surface area (Å²) in [4.78, 5) is 24.5. The summed E-state index contributed by atoms with van der Waals surface area (Å²) in [5, 5.41) is 0. The Kier molecular flexibility index (Phi) is 4.32. The van der Waals surface area contributed by atoms with Gasteiger partial charge in [0.2, 0.25) is 12.1 Å². The predicted octanol–water partition coefficient (Wildman–Crippen LogP) is 4.05. The third kappa shape index (κ3) is 2.65. The zero-order valence-corrected chi connectivity index (χ0v) is 16.6. The van der Waals surface area contributed by atoms with E-state index in [0.717, 1.165) is 25.7 Å². The number of ether oxygens (including phenoxy) is 3. The van der Waals surface area contributed by atoms with Gasteiger partial charge in [-0.2, -0.15) is 0 Å². The van der Waals surface area contributed by atoms with Crippen LogP contribution in [0.15, 0.2) is 30.3 Å². The maximum absolute atomic E-state index is 12.6. The summed E-state index contributed by atoms with van der Waals surface area (Å²) in [6.07, 6.45) is 2.56. The molecule has 1 aromatic rings. The van der Waals surface area contributed by atoms with Gasteiger partial charge < -0.3 is 14.2 Å². The average Bonchev–Trinajstić information content (AvgIpc) is 2.92. The van der Waals surface area contributed by atoms with Crippen molar-refractivity contribution in [3.05, 3.63) is 35.9 Å². The summed E-state index contributed by atoms with van der Waals surface area (Å²) in [5.74, 6) is -0.278. The first-order valence-electron chi connectivity index (χ1n) is 10.4. The van der Waals surface area contributed by atoms with E-state index in [1.165, 1.54) is 0 Å². The first-order chi connectivity index (χ1) is 13.4. The van der Waals surface area contributed by atoms with Gasteiger partial charge in [-0.15, -0.1) is 0 Å². The van der Waals surface area contributed by atoms with Crippen molar-refractivity contribution in [3.8, 4) is 0 Å². The molecule has 0 N–H and O–H groups in total. The van der Waals surface area contributed by atoms with E-state index in [0.29, 0.717) is 17.4 Å². The lowest BCUT2D eigenvalue weighted by molar-refractivity contribution is -0.576. The first-order valence-corrected chi connectivity index (χ1v) is 10.4. The summed E-state index contributed by atoms with van der Waals surface area (Å²) in [6.45, 7) is 6.25. The van der Waals surface area contributed by atoms with Crippen LogP contribution in [-0.2, 0) is 24.0 Å². The number of esters is 1. The SMILES string of the molecule is C[C@H]1[C@@H](OC(=O)c2ccccc2)O[C@@H]2O[C@@]3(C)CC[C@H]4[C@H](C)CC[C@@H]1[C@@]24OO3. The van der Waals surface area contributed by atoms with Gasteiger partial charge in [-0.25, -0.2) is 14.6 Å². The molecule has 1 aromatic carbocycles. The summed E-state index contributed by atoms with van der Waals surface area (Å²) >= 11 is 0. The van der Waals surface area contributed by atoms with E-state index >= 15 is 0 Å². The van der Waals surface area contributed by atoms with Crippen LogP contribution < -0.4 is 0 Å². The number of rotatable bonds is 2. The van der Waals surface area contributed by atoms with Crippen molar-refractivity contribution < 1.29 is 28.8 Å². The standard InChI is InChI=1S/C22H28O6/c1-13-9-10-17-14(2)19(24-18(23)15-7-5-4-6-8-15)25-20-22(17)16(13)11-12-21(3,26-20)27-28-22/h4-8,13-14,16-17,19-20H,9-12H2,1-3H3/t13-,14-,16+,17+,19+,20-,21-,22-/m1/s1. The van der Waals surface area contributed by atoms with Crippen LogP contribution in [0.3, 0.4) is 0 Å². The number of fused-ring (bicyclic) bond motifs is 2. The van der Waals surface area contributed by atoms with Crippen molar-refractivity contribution in [2.45, 2.75) is 70.4 Å². The molecule has 4 aliphatic heterocycles. The Labute approximate surface area is 165 Å². The summed E-state index contributed by atoms with van der Waals surface area (Å²) in [7, 11) is 0. The summed E-state index contributed by atoms with van der Waals surface area (Å²) in [5.41, 5.74) is -0.119. The number of hydrogen-bond acceptors (Lipinski definition) is 6. The highest BCUT2D eigenvalue weighted by molar-refractivity contribution is 5.89. The average molecular weight is 388 g/mol. The molecule has 1 aliphatic carbocycles. The molecule has 152 valence electrons. The highest BCUT2D eigenvalue weighted by atomic mass is 17.3. The molecule has 6 rings (SSSR count). The van der Waals surface area contributed by atoms with E-state index in [-0.39, 0.29) is 17.8 Å². The second-order valence-electron chi connectivity index (χ2n) is 9.05. The Hall–Kier alpha value is -1.47. The van der Waals surface area contributed by atoms with Gasteiger partial charge in [-0.3, -0.25) is 0 Å². The molecule has 1 saturated carbocycles. The molecule has 5 fully saturated rings. The van der Waals surface area contributed by atoms with Crippen LogP contribution >= 0.6 is 0 Å². The van der Waals surface area contributed by atoms with Crippen LogP contribution in [0.25, 0.3) is 0 Å². The quantitative estimate of drug-likeness (QED) is 0.563. The van der Waals surface area contributed by atoms with Crippen LogP contribution in [0.5, 0.6) is 0 Å². The van der Waals surface area contributed by atoms with E-state index in [1.54, 1.807) is 12.1 Å². The van der Waals surface area contributed by atoms with E-state index in [9.17, 15) is 4.79 Å². The number of benzene rings is 1. The van der Waals surface area contributed by atoms with E-state index < -0.39 is 24.0 Å². The fourth-order valence-corrected chi connectivity index (χ4v) is 5.75. The molecule has 0 aromatic heterocycles. The van der Waals surface area contributed by atoms with Crippen LogP contribution in [-0.4, -0.2) is 29.9 Å². The lowest BCUT2D eigenvalue weighted by atomic mass is 9.58. The lowest BCUT2D eigenvalue weighted by Gasteiger charge is -2.59. The molecule has 0 amide bonds. The fraction of sp³-hybridized carbons (Fsp3) is 0.682. The zero-order chi connectivity index (χ0) is 19.5. The molecule has 6 heteroatoms. The molecule has 8 atom stereocenters. The molecule has 0 radical (unpaired) electrons. The maximum atomic E-state index is 12.6. The minimum atomic E-state index is -0.827. The molecule has 28 heavy (non-hydrogen) atoms. The van der Waals surface area contributed by atoms with Gasteiger partial charge >= 0.3 is 5.97 Å². The monoisotopic (exact) mass is 388 g/mol. The zero-order valence-electron chi connectivity index (χ0n) is 16.6. The molecule has 6 nitrogen and oxygen atoms in total. The fourth-order valence-electron chi connectivity index (χ4n) is 5.75. The number of carbonyl (C=O) groups excluding carboxylic acids is 1. The topological polar surface area (TPSA) is 63.2 Å². The normalized spacial score (nSPS) is 47.1. The van der Waals surface area contributed by atoms with Crippen molar-refractivity contribution >= 4 is 5.97 Å². The predicted molar refractivity (Wildman–Crippen MR) is 98.7 cm³/mol. The van der Waals surface area contributed by atoms with Crippen LogP contribution in [0, 0.1) is 23.7 Å². The van der Waals surface area contributed by atoms with Gasteiger partial charge in [0.1, 0.15) is 0 Å². The van der Waals surface area contributed by atoms with Crippen molar-refractivity contribution in [2.24, 2.45) is 23.7 Å². The molecule has 4 saturated heterocycles. The number of carbonyl (C=O) groups is 1. The van der Waals surface area contributed by atoms with E-state index in [1.807, 2.05) is 25.1 Å². The Balaban J connectivity index is 1.46. The molecule has 4 heterocycles. The van der Waals surface area contributed by atoms with E-state index in [4.69, 9.17) is 24.0 Å². The highest BCUT2D eigenvalue weighted by Crippen LogP contribution is 2.60. The summed E-state index contributed by atoms with van der Waals surface area (Å²) < 4.78 is 18.4. The Bertz CT molecular complexity index is 753. The van der Waals surface area contributed by atoms with E-state index in [2.05, 4.69) is 13.8 Å². The maximum Gasteiger partial charge on any atom is 0.340 e. The van der Waals surface area contributed by atoms with Crippen LogP contribution in [0.4, 0.5) is 0 Å². The van der Waals surface area contributed by atoms with Gasteiger partial charge in [-0.1, -0.05) is 32.0 Å². The van der Waals surface area contributed by atoms with Crippen LogP contribution in [0.2, 0.25) is 0 Å². The van der Waals surface area contributed by atoms with Crippen molar-refractivity contribution in [3.63, 3.8) is 0 Å². The number of hydrogen-bond donors (Lipinski definition) is 0. The third-order valence-electron chi connectivity index (χ3n) is 7.33. The molecule has 0 unspecified atom stereocenters. The largest absolute Gasteiger partial charge is 0.432 e. The highest BCUT2D eigenvalue weighted by Gasteiger charge is 2.69. The smallest absolute Gasteiger partial charge is 0.340 e. The summed E-state index contributed by atoms with van der Waals surface area (Å²) in [6, 6.07) is 9.01.